The van der Waals surface area contributed by atoms with Crippen LogP contribution in [0.25, 0.3) is 17.1 Å². The Labute approximate surface area is 178 Å². The molecular weight excluding hydrogens is 398 g/mol. The average Bonchev–Trinajstić information content (AvgIpc) is 3.43. The van der Waals surface area contributed by atoms with E-state index in [2.05, 4.69) is 31.1 Å². The highest BCUT2D eigenvalue weighted by molar-refractivity contribution is 5.89. The van der Waals surface area contributed by atoms with Crippen molar-refractivity contribution in [3.63, 3.8) is 0 Å². The molecule has 0 saturated heterocycles. The largest absolute Gasteiger partial charge is 0.497 e. The monoisotopic (exact) mass is 419 g/mol. The van der Waals surface area contributed by atoms with Crippen molar-refractivity contribution in [1.82, 2.24) is 30.5 Å². The molecule has 10 nitrogen and oxygen atoms in total. The second kappa shape index (κ2) is 9.08. The predicted octanol–water partition coefficient (Wildman–Crippen LogP) is 3.00. The number of aryl methyl sites for hydroxylation is 1. The lowest BCUT2D eigenvalue weighted by molar-refractivity contribution is 0.252. The SMILES string of the molecule is COc1ccc(-c2nc(CCNC(=O)Nc3cccc(-n4nnnc4C)c3)co2)cc1. The molecule has 0 saturated carbocycles. The standard InChI is InChI=1S/C21H21N7O3/c1-14-25-26-27-28(14)18-5-3-4-16(12-18)24-21(29)22-11-10-17-13-31-20(23-17)15-6-8-19(30-2)9-7-15/h3-9,12-13H,10-11H2,1-2H3,(H2,22,24,29). The first-order valence-electron chi connectivity index (χ1n) is 9.61. The number of methoxy groups -OCH3 is 1. The van der Waals surface area contributed by atoms with Crippen molar-refractivity contribution in [1.29, 1.82) is 0 Å². The van der Waals surface area contributed by atoms with Crippen molar-refractivity contribution in [3.8, 4) is 22.9 Å². The van der Waals surface area contributed by atoms with Crippen LogP contribution in [0.5, 0.6) is 5.75 Å². The molecule has 4 aromatic rings. The van der Waals surface area contributed by atoms with Crippen LogP contribution >= 0.6 is 0 Å². The molecule has 0 radical (unpaired) electrons. The van der Waals surface area contributed by atoms with E-state index in [1.807, 2.05) is 36.4 Å². The van der Waals surface area contributed by atoms with Crippen LogP contribution in [0.15, 0.2) is 59.2 Å². The number of urea groups is 1. The number of carbonyl (C=O) groups is 1. The molecule has 0 unspecified atom stereocenters. The number of amides is 2. The minimum atomic E-state index is -0.315. The summed E-state index contributed by atoms with van der Waals surface area (Å²) in [5.74, 6) is 1.95. The van der Waals surface area contributed by atoms with Crippen molar-refractivity contribution < 1.29 is 13.9 Å². The first-order chi connectivity index (χ1) is 15.1. The van der Waals surface area contributed by atoms with E-state index in [1.165, 1.54) is 0 Å². The summed E-state index contributed by atoms with van der Waals surface area (Å²) >= 11 is 0. The summed E-state index contributed by atoms with van der Waals surface area (Å²) in [6.07, 6.45) is 2.13. The maximum absolute atomic E-state index is 12.2. The lowest BCUT2D eigenvalue weighted by Crippen LogP contribution is -2.30. The second-order valence-corrected chi connectivity index (χ2v) is 6.69. The Morgan fingerprint density at radius 3 is 2.77 bits per heavy atom. The zero-order chi connectivity index (χ0) is 21.6. The molecule has 2 aromatic carbocycles. The van der Waals surface area contributed by atoms with Gasteiger partial charge in [-0.2, -0.15) is 4.68 Å². The van der Waals surface area contributed by atoms with Crippen LogP contribution in [0.1, 0.15) is 11.5 Å². The number of ether oxygens (including phenoxy) is 1. The molecule has 0 aliphatic heterocycles. The minimum Gasteiger partial charge on any atom is -0.497 e. The van der Waals surface area contributed by atoms with Gasteiger partial charge in [0.15, 0.2) is 5.82 Å². The molecule has 4 rings (SSSR count). The number of nitrogens with one attached hydrogen (secondary N) is 2. The lowest BCUT2D eigenvalue weighted by Gasteiger charge is -2.08. The number of benzene rings is 2. The molecule has 31 heavy (non-hydrogen) atoms. The van der Waals surface area contributed by atoms with Crippen LogP contribution in [0, 0.1) is 6.92 Å². The Hall–Kier alpha value is -4.21. The highest BCUT2D eigenvalue weighted by Crippen LogP contribution is 2.21. The Morgan fingerprint density at radius 1 is 1.19 bits per heavy atom. The van der Waals surface area contributed by atoms with Gasteiger partial charge in [-0.3, -0.25) is 0 Å². The third-order valence-electron chi connectivity index (χ3n) is 4.53. The first-order valence-corrected chi connectivity index (χ1v) is 9.61. The number of anilines is 1. The number of oxazole rings is 1. The van der Waals surface area contributed by atoms with Crippen LogP contribution in [-0.2, 0) is 6.42 Å². The molecule has 2 heterocycles. The smallest absolute Gasteiger partial charge is 0.319 e. The van der Waals surface area contributed by atoms with Crippen LogP contribution in [0.4, 0.5) is 10.5 Å². The van der Waals surface area contributed by atoms with Gasteiger partial charge in [0.05, 0.1) is 18.5 Å². The van der Waals surface area contributed by atoms with E-state index in [-0.39, 0.29) is 6.03 Å². The molecule has 0 aliphatic carbocycles. The molecule has 2 N–H and O–H groups in total. The van der Waals surface area contributed by atoms with Gasteiger partial charge in [0.25, 0.3) is 0 Å². The third-order valence-corrected chi connectivity index (χ3v) is 4.53. The fourth-order valence-electron chi connectivity index (χ4n) is 2.95. The Bertz CT molecular complexity index is 1170. The van der Waals surface area contributed by atoms with E-state index in [1.54, 1.807) is 37.1 Å². The summed E-state index contributed by atoms with van der Waals surface area (Å²) < 4.78 is 12.3. The van der Waals surface area contributed by atoms with Crippen LogP contribution in [0.2, 0.25) is 0 Å². The number of carbonyl (C=O) groups excluding carboxylic acids is 1. The Morgan fingerprint density at radius 2 is 2.03 bits per heavy atom. The fraction of sp³-hybridized carbons (Fsp3) is 0.190. The van der Waals surface area contributed by atoms with E-state index in [0.29, 0.717) is 30.4 Å². The number of rotatable bonds is 7. The highest BCUT2D eigenvalue weighted by atomic mass is 16.5. The summed E-state index contributed by atoms with van der Waals surface area (Å²) in [6.45, 7) is 2.21. The van der Waals surface area contributed by atoms with Gasteiger partial charge in [-0.15, -0.1) is 5.10 Å². The molecule has 10 heteroatoms. The molecule has 0 fully saturated rings. The van der Waals surface area contributed by atoms with Gasteiger partial charge >= 0.3 is 6.03 Å². The van der Waals surface area contributed by atoms with E-state index < -0.39 is 0 Å². The summed E-state index contributed by atoms with van der Waals surface area (Å²) in [5.41, 5.74) is 3.00. The van der Waals surface area contributed by atoms with Crippen molar-refractivity contribution in [2.45, 2.75) is 13.3 Å². The Kier molecular flexibility index (Phi) is 5.88. The minimum absolute atomic E-state index is 0.315. The molecule has 158 valence electrons. The van der Waals surface area contributed by atoms with Gasteiger partial charge in [0, 0.05) is 24.2 Å². The second-order valence-electron chi connectivity index (χ2n) is 6.69. The summed E-state index contributed by atoms with van der Waals surface area (Å²) in [5, 5.41) is 17.0. The van der Waals surface area contributed by atoms with E-state index in [4.69, 9.17) is 9.15 Å². The van der Waals surface area contributed by atoms with Gasteiger partial charge in [-0.05, 0) is 59.8 Å². The van der Waals surface area contributed by atoms with Gasteiger partial charge in [0.1, 0.15) is 12.0 Å². The summed E-state index contributed by atoms with van der Waals surface area (Å²) in [4.78, 5) is 16.7. The molecule has 2 amide bonds. The van der Waals surface area contributed by atoms with Crippen molar-refractivity contribution in [3.05, 3.63) is 66.3 Å². The Balaban J connectivity index is 1.29. The van der Waals surface area contributed by atoms with Gasteiger partial charge in [-0.1, -0.05) is 6.07 Å². The molecule has 0 atom stereocenters. The summed E-state index contributed by atoms with van der Waals surface area (Å²) in [7, 11) is 1.62. The normalized spacial score (nSPS) is 10.6. The van der Waals surface area contributed by atoms with E-state index in [9.17, 15) is 4.79 Å². The average molecular weight is 419 g/mol. The number of hydrogen-bond acceptors (Lipinski definition) is 7. The zero-order valence-electron chi connectivity index (χ0n) is 17.1. The van der Waals surface area contributed by atoms with Gasteiger partial charge in [0.2, 0.25) is 5.89 Å². The highest BCUT2D eigenvalue weighted by Gasteiger charge is 2.09. The molecule has 0 spiro atoms. The first kappa shape index (κ1) is 20.1. The number of aromatic nitrogens is 5. The molecule has 2 aromatic heterocycles. The summed E-state index contributed by atoms with van der Waals surface area (Å²) in [6, 6.07) is 14.4. The third kappa shape index (κ3) is 4.86. The van der Waals surface area contributed by atoms with E-state index >= 15 is 0 Å². The van der Waals surface area contributed by atoms with Gasteiger partial charge < -0.3 is 19.8 Å². The molecule has 0 aliphatic rings. The van der Waals surface area contributed by atoms with Crippen LogP contribution in [0.3, 0.4) is 0 Å². The molecular formula is C21H21N7O3. The van der Waals surface area contributed by atoms with Crippen molar-refractivity contribution in [2.75, 3.05) is 19.0 Å². The quantitative estimate of drug-likeness (QED) is 0.472. The van der Waals surface area contributed by atoms with E-state index in [0.717, 1.165) is 22.7 Å². The lowest BCUT2D eigenvalue weighted by atomic mass is 10.2. The van der Waals surface area contributed by atoms with Crippen LogP contribution in [-0.4, -0.2) is 44.9 Å². The number of nitrogens with zero attached hydrogens (tertiary/aromatic N) is 5. The topological polar surface area (TPSA) is 120 Å². The fourth-order valence-corrected chi connectivity index (χ4v) is 2.95. The zero-order valence-corrected chi connectivity index (χ0v) is 17.1. The maximum Gasteiger partial charge on any atom is 0.319 e. The maximum atomic E-state index is 12.2. The van der Waals surface area contributed by atoms with Gasteiger partial charge in [-0.25, -0.2) is 9.78 Å². The molecule has 0 bridgehead atoms. The van der Waals surface area contributed by atoms with Crippen molar-refractivity contribution in [2.24, 2.45) is 0 Å². The van der Waals surface area contributed by atoms with Crippen LogP contribution < -0.4 is 15.4 Å². The number of tetrazole rings is 1. The predicted molar refractivity (Wildman–Crippen MR) is 113 cm³/mol. The van der Waals surface area contributed by atoms with Crippen molar-refractivity contribution >= 4 is 11.7 Å². The number of hydrogen-bond donors (Lipinski definition) is 2.